The van der Waals surface area contributed by atoms with Gasteiger partial charge in [0.15, 0.2) is 6.03 Å². The Kier molecular flexibility index (Phi) is 3.49. The molecule has 0 saturated carbocycles. The number of carbonyl (C=O) groups is 2. The fourth-order valence-electron chi connectivity index (χ4n) is 1.79. The Morgan fingerprint density at radius 2 is 1.62 bits per heavy atom. The molecule has 1 atom stereocenters. The van der Waals surface area contributed by atoms with Crippen molar-refractivity contribution < 1.29 is 14.2 Å². The van der Waals surface area contributed by atoms with Crippen LogP contribution in [0.3, 0.4) is 0 Å². The molecular formula is C12H15O3P. The molecule has 0 fully saturated rings. The summed E-state index contributed by atoms with van der Waals surface area (Å²) in [6.45, 7) is 6.72. The lowest BCUT2D eigenvalue weighted by Crippen LogP contribution is -2.06. The quantitative estimate of drug-likeness (QED) is 0.601. The normalized spacial score (nSPS) is 14.2. The fourth-order valence-corrected chi connectivity index (χ4v) is 2.68. The van der Waals surface area contributed by atoms with Crippen LogP contribution in [0.25, 0.3) is 0 Å². The van der Waals surface area contributed by atoms with E-state index in [4.69, 9.17) is 0 Å². The van der Waals surface area contributed by atoms with Gasteiger partial charge in [-0.1, -0.05) is 17.7 Å². The summed E-state index contributed by atoms with van der Waals surface area (Å²) < 4.78 is 11.8. The zero-order chi connectivity index (χ0) is 12.5. The average Bonchev–Trinajstić information content (AvgIpc) is 2.15. The van der Waals surface area contributed by atoms with Gasteiger partial charge in [0.25, 0.3) is 0 Å². The number of aryl methyl sites for hydroxylation is 3. The molecule has 0 aliphatic heterocycles. The Hall–Kier alpha value is -1.21. The van der Waals surface area contributed by atoms with E-state index in [0.717, 1.165) is 16.7 Å². The Balaban J connectivity index is 3.41. The Labute approximate surface area is 95.2 Å². The highest BCUT2D eigenvalue weighted by Gasteiger charge is 2.28. The molecule has 0 aliphatic carbocycles. The second kappa shape index (κ2) is 4.34. The smallest absolute Gasteiger partial charge is 0.228 e. The van der Waals surface area contributed by atoms with Crippen LogP contribution < -0.4 is 0 Å². The molecular weight excluding hydrogens is 223 g/mol. The highest BCUT2D eigenvalue weighted by atomic mass is 31.2. The first-order valence-electron chi connectivity index (χ1n) is 4.96. The molecule has 4 heteroatoms. The molecule has 0 aliphatic rings. The number of hydrogen-bond acceptors (Lipinski definition) is 3. The predicted octanol–water partition coefficient (Wildman–Crippen LogP) is 2.94. The largest absolute Gasteiger partial charge is 0.308 e. The van der Waals surface area contributed by atoms with Gasteiger partial charge in [0.05, 0.1) is 0 Å². The van der Waals surface area contributed by atoms with E-state index in [2.05, 4.69) is 0 Å². The summed E-state index contributed by atoms with van der Waals surface area (Å²) in [4.78, 5) is 22.6. The van der Waals surface area contributed by atoms with Gasteiger partial charge in [0.1, 0.15) is 0 Å². The van der Waals surface area contributed by atoms with E-state index in [1.807, 2.05) is 19.1 Å². The van der Waals surface area contributed by atoms with Crippen LogP contribution in [0.5, 0.6) is 0 Å². The zero-order valence-electron chi connectivity index (χ0n) is 9.90. The Morgan fingerprint density at radius 3 is 2.00 bits per heavy atom. The van der Waals surface area contributed by atoms with Crippen LogP contribution in [-0.4, -0.2) is 18.2 Å². The summed E-state index contributed by atoms with van der Waals surface area (Å²) in [5, 5.41) is 0. The van der Waals surface area contributed by atoms with Crippen molar-refractivity contribution in [3.63, 3.8) is 0 Å². The minimum absolute atomic E-state index is 0.272. The monoisotopic (exact) mass is 238 g/mol. The third-order valence-corrected chi connectivity index (χ3v) is 3.93. The minimum atomic E-state index is -3.37. The molecule has 1 unspecified atom stereocenters. The van der Waals surface area contributed by atoms with Crippen molar-refractivity contribution in [1.29, 1.82) is 0 Å². The summed E-state index contributed by atoms with van der Waals surface area (Å²) in [6, 6.07) is 3.98. The van der Waals surface area contributed by atoms with Crippen LogP contribution in [0, 0.1) is 20.8 Å². The molecule has 1 rings (SSSR count). The molecule has 86 valence electrons. The summed E-state index contributed by atoms with van der Waals surface area (Å²) in [5.74, 6) is 0. The van der Waals surface area contributed by atoms with Gasteiger partial charge >= 0.3 is 0 Å². The predicted molar refractivity (Wildman–Crippen MR) is 65.3 cm³/mol. The third kappa shape index (κ3) is 2.30. The molecule has 0 amide bonds. The maximum absolute atomic E-state index is 12.0. The maximum atomic E-state index is 12.0. The topological polar surface area (TPSA) is 51.2 Å². The van der Waals surface area contributed by atoms with Gasteiger partial charge in [-0.3, -0.25) is 9.59 Å². The second-order valence-electron chi connectivity index (χ2n) is 4.17. The van der Waals surface area contributed by atoms with Gasteiger partial charge in [0, 0.05) is 12.2 Å². The van der Waals surface area contributed by atoms with Crippen LogP contribution in [0.1, 0.15) is 27.0 Å². The van der Waals surface area contributed by atoms with E-state index < -0.39 is 12.7 Å². The van der Waals surface area contributed by atoms with Crippen LogP contribution >= 0.6 is 7.14 Å². The van der Waals surface area contributed by atoms with Crippen LogP contribution in [-0.2, 0) is 9.36 Å². The lowest BCUT2D eigenvalue weighted by atomic mass is 10.0. The summed E-state index contributed by atoms with van der Waals surface area (Å²) in [5.41, 5.74) is 2.46. The Bertz CT molecular complexity index is 480. The van der Waals surface area contributed by atoms with Gasteiger partial charge in [-0.25, -0.2) is 0 Å². The fraction of sp³-hybridized carbons (Fsp3) is 0.333. The van der Waals surface area contributed by atoms with Crippen molar-refractivity contribution in [1.82, 2.24) is 0 Å². The van der Waals surface area contributed by atoms with Crippen molar-refractivity contribution in [2.75, 3.05) is 6.66 Å². The van der Waals surface area contributed by atoms with Crippen molar-refractivity contribution in [3.05, 3.63) is 34.4 Å². The lowest BCUT2D eigenvalue weighted by molar-refractivity contribution is 0.107. The molecule has 0 N–H and O–H groups in total. The molecule has 1 aromatic rings. The van der Waals surface area contributed by atoms with Gasteiger partial charge in [-0.05, 0) is 31.9 Å². The molecule has 0 radical (unpaired) electrons. The number of rotatable bonds is 3. The first-order chi connectivity index (χ1) is 7.29. The van der Waals surface area contributed by atoms with Crippen LogP contribution in [0.4, 0.5) is 0 Å². The summed E-state index contributed by atoms with van der Waals surface area (Å²) in [6.07, 6.45) is 0. The van der Waals surface area contributed by atoms with Crippen molar-refractivity contribution in [2.24, 2.45) is 0 Å². The van der Waals surface area contributed by atoms with Gasteiger partial charge in [0.2, 0.25) is 12.7 Å². The van der Waals surface area contributed by atoms with E-state index in [9.17, 15) is 14.2 Å². The highest BCUT2D eigenvalue weighted by molar-refractivity contribution is 7.92. The van der Waals surface area contributed by atoms with Gasteiger partial charge < -0.3 is 4.57 Å². The van der Waals surface area contributed by atoms with Gasteiger partial charge in [-0.2, -0.15) is 0 Å². The highest BCUT2D eigenvalue weighted by Crippen LogP contribution is 2.42. The lowest BCUT2D eigenvalue weighted by Gasteiger charge is -2.11. The van der Waals surface area contributed by atoms with Crippen molar-refractivity contribution in [3.8, 4) is 0 Å². The maximum Gasteiger partial charge on any atom is 0.228 e. The van der Waals surface area contributed by atoms with E-state index in [1.165, 1.54) is 6.66 Å². The van der Waals surface area contributed by atoms with E-state index in [-0.39, 0.29) is 6.03 Å². The number of hydrogen-bond donors (Lipinski definition) is 0. The summed E-state index contributed by atoms with van der Waals surface area (Å²) >= 11 is 0. The molecule has 16 heavy (non-hydrogen) atoms. The number of carbonyl (C=O) groups excluding carboxylic acids is 2. The molecule has 3 nitrogen and oxygen atoms in total. The SMILES string of the molecule is Cc1cc(C)c(C(=O)P(C)(=O)C=O)c(C)c1. The molecule has 0 heterocycles. The zero-order valence-corrected chi connectivity index (χ0v) is 10.8. The molecule has 1 aromatic carbocycles. The van der Waals surface area contributed by atoms with Crippen molar-refractivity contribution in [2.45, 2.75) is 20.8 Å². The minimum Gasteiger partial charge on any atom is -0.308 e. The molecule has 0 spiro atoms. The van der Waals surface area contributed by atoms with Crippen molar-refractivity contribution >= 4 is 18.7 Å². The van der Waals surface area contributed by atoms with E-state index in [0.29, 0.717) is 5.56 Å². The average molecular weight is 238 g/mol. The third-order valence-electron chi connectivity index (χ3n) is 2.50. The Morgan fingerprint density at radius 1 is 1.19 bits per heavy atom. The van der Waals surface area contributed by atoms with Crippen LogP contribution in [0.15, 0.2) is 12.1 Å². The van der Waals surface area contributed by atoms with E-state index >= 15 is 0 Å². The summed E-state index contributed by atoms with van der Waals surface area (Å²) in [7, 11) is -3.37. The molecule has 0 aromatic heterocycles. The first-order valence-corrected chi connectivity index (χ1v) is 7.18. The molecule has 0 bridgehead atoms. The second-order valence-corrected chi connectivity index (χ2v) is 6.77. The van der Waals surface area contributed by atoms with Crippen LogP contribution in [0.2, 0.25) is 0 Å². The molecule has 0 saturated heterocycles. The first kappa shape index (κ1) is 12.9. The number of benzene rings is 1. The standard InChI is InChI=1S/C12H15O3P/c1-8-5-9(2)11(10(3)6-8)12(14)16(4,15)7-13/h5-7H,1-4H3. The van der Waals surface area contributed by atoms with E-state index in [1.54, 1.807) is 13.8 Å². The van der Waals surface area contributed by atoms with Gasteiger partial charge in [-0.15, -0.1) is 0 Å².